The van der Waals surface area contributed by atoms with Gasteiger partial charge in [0.25, 0.3) is 0 Å². The van der Waals surface area contributed by atoms with Crippen LogP contribution in [0.3, 0.4) is 0 Å². The number of amides is 2. The smallest absolute Gasteiger partial charge is 0.305 e. The Hall–Kier alpha value is -2.46. The van der Waals surface area contributed by atoms with E-state index in [-0.39, 0.29) is 37.0 Å². The molecule has 0 fully saturated rings. The SMILES string of the molecule is CCCCCCCCCCCCCCCCCC(=O)OCCCN(CCCOC(=O)CCCCCCCCCCCCCCCCC)C(=O)C=CC(=O)NCCOCCN(C)C. The predicted molar refractivity (Wildman–Crippen MR) is 258 cm³/mol. The van der Waals surface area contributed by atoms with Gasteiger partial charge in [0.05, 0.1) is 26.4 Å². The zero-order valence-corrected chi connectivity index (χ0v) is 41.1. The van der Waals surface area contributed by atoms with Crippen LogP contribution in [0.25, 0.3) is 0 Å². The Bertz CT molecular complexity index is 999. The van der Waals surface area contributed by atoms with Crippen molar-refractivity contribution in [3.05, 3.63) is 12.2 Å². The van der Waals surface area contributed by atoms with Crippen molar-refractivity contribution in [2.24, 2.45) is 0 Å². The van der Waals surface area contributed by atoms with Crippen molar-refractivity contribution in [3.63, 3.8) is 0 Å². The van der Waals surface area contributed by atoms with E-state index < -0.39 is 0 Å². The van der Waals surface area contributed by atoms with Gasteiger partial charge < -0.3 is 29.3 Å². The van der Waals surface area contributed by atoms with E-state index in [4.69, 9.17) is 14.2 Å². The quantitative estimate of drug-likeness (QED) is 0.0365. The molecule has 2 amide bonds. The number of esters is 2. The van der Waals surface area contributed by atoms with Gasteiger partial charge in [0, 0.05) is 51.2 Å². The maximum absolute atomic E-state index is 13.1. The second-order valence-electron chi connectivity index (χ2n) is 17.9. The summed E-state index contributed by atoms with van der Waals surface area (Å²) in [6.07, 6.45) is 42.8. The van der Waals surface area contributed by atoms with Crippen molar-refractivity contribution >= 4 is 23.8 Å². The minimum absolute atomic E-state index is 0.194. The first-order valence-electron chi connectivity index (χ1n) is 26.1. The highest BCUT2D eigenvalue weighted by molar-refractivity contribution is 5.96. The lowest BCUT2D eigenvalue weighted by molar-refractivity contribution is -0.144. The standard InChI is InChI=1S/C52H99N3O7/c1-5-7-9-11-13-15-17-19-21-23-25-27-29-31-33-37-51(58)61-45-35-42-55(50(57)40-39-49(56)53-41-47-60-48-44-54(3)4)43-36-46-62-52(59)38-34-32-30-28-26-24-22-20-18-16-14-12-10-8-6-2/h39-40H,5-38,41-48H2,1-4H3,(H,53,56). The van der Waals surface area contributed by atoms with Crippen molar-refractivity contribution in [2.75, 3.05) is 66.7 Å². The molecule has 0 aromatic carbocycles. The van der Waals surface area contributed by atoms with Crippen molar-refractivity contribution in [1.29, 1.82) is 0 Å². The van der Waals surface area contributed by atoms with Crippen molar-refractivity contribution in [1.82, 2.24) is 15.1 Å². The number of hydrogen-bond donors (Lipinski definition) is 1. The molecule has 0 atom stereocenters. The Kier molecular flexibility index (Phi) is 46.1. The van der Waals surface area contributed by atoms with Crippen LogP contribution < -0.4 is 5.32 Å². The number of hydrogen-bond acceptors (Lipinski definition) is 8. The second-order valence-corrected chi connectivity index (χ2v) is 17.9. The number of nitrogens with one attached hydrogen (secondary N) is 1. The Morgan fingerprint density at radius 2 is 0.774 bits per heavy atom. The van der Waals surface area contributed by atoms with Crippen LogP contribution in [0.1, 0.15) is 232 Å². The van der Waals surface area contributed by atoms with Crippen LogP contribution in [-0.4, -0.2) is 100 Å². The van der Waals surface area contributed by atoms with Crippen molar-refractivity contribution in [2.45, 2.75) is 232 Å². The van der Waals surface area contributed by atoms with Crippen LogP contribution in [0.15, 0.2) is 12.2 Å². The fourth-order valence-corrected chi connectivity index (χ4v) is 7.55. The van der Waals surface area contributed by atoms with Gasteiger partial charge in [-0.3, -0.25) is 19.2 Å². The average Bonchev–Trinajstić information content (AvgIpc) is 3.25. The van der Waals surface area contributed by atoms with Gasteiger partial charge in [-0.1, -0.05) is 194 Å². The highest BCUT2D eigenvalue weighted by Gasteiger charge is 2.13. The number of carbonyl (C=O) groups excluding carboxylic acids is 4. The van der Waals surface area contributed by atoms with Gasteiger partial charge in [0.15, 0.2) is 0 Å². The molecule has 0 heterocycles. The Morgan fingerprint density at radius 1 is 0.419 bits per heavy atom. The molecule has 0 radical (unpaired) electrons. The number of rotatable bonds is 48. The second kappa shape index (κ2) is 48.0. The molecule has 0 saturated carbocycles. The molecule has 0 unspecified atom stereocenters. The molecule has 0 saturated heterocycles. The molecule has 0 aromatic heterocycles. The lowest BCUT2D eigenvalue weighted by atomic mass is 10.0. The third-order valence-corrected chi connectivity index (χ3v) is 11.6. The summed E-state index contributed by atoms with van der Waals surface area (Å²) in [6, 6.07) is 0. The van der Waals surface area contributed by atoms with E-state index in [1.165, 1.54) is 166 Å². The molecule has 0 aliphatic carbocycles. The van der Waals surface area contributed by atoms with Crippen LogP contribution in [0, 0.1) is 0 Å². The zero-order valence-electron chi connectivity index (χ0n) is 41.1. The fourth-order valence-electron chi connectivity index (χ4n) is 7.55. The maximum Gasteiger partial charge on any atom is 0.305 e. The van der Waals surface area contributed by atoms with Gasteiger partial charge in [-0.05, 0) is 39.8 Å². The van der Waals surface area contributed by atoms with E-state index in [0.717, 1.165) is 45.1 Å². The molecule has 0 rings (SSSR count). The van der Waals surface area contributed by atoms with E-state index in [0.29, 0.717) is 58.5 Å². The highest BCUT2D eigenvalue weighted by atomic mass is 16.5. The van der Waals surface area contributed by atoms with Gasteiger partial charge in [-0.25, -0.2) is 0 Å². The van der Waals surface area contributed by atoms with Crippen LogP contribution in [0.4, 0.5) is 0 Å². The largest absolute Gasteiger partial charge is 0.466 e. The summed E-state index contributed by atoms with van der Waals surface area (Å²) < 4.78 is 16.5. The minimum atomic E-state index is -0.366. The summed E-state index contributed by atoms with van der Waals surface area (Å²) in [5, 5.41) is 2.74. The average molecular weight is 878 g/mol. The molecule has 1 N–H and O–H groups in total. The molecule has 0 aromatic rings. The number of carbonyl (C=O) groups is 4. The topological polar surface area (TPSA) is 114 Å². The molecular formula is C52H99N3O7. The first kappa shape index (κ1) is 59.5. The van der Waals surface area contributed by atoms with E-state index in [1.807, 2.05) is 19.0 Å². The summed E-state index contributed by atoms with van der Waals surface area (Å²) in [7, 11) is 3.94. The number of ether oxygens (including phenoxy) is 3. The number of unbranched alkanes of at least 4 members (excludes halogenated alkanes) is 28. The minimum Gasteiger partial charge on any atom is -0.466 e. The lowest BCUT2D eigenvalue weighted by Gasteiger charge is -2.21. The molecule has 62 heavy (non-hydrogen) atoms. The van der Waals surface area contributed by atoms with Gasteiger partial charge in [0.1, 0.15) is 0 Å². The van der Waals surface area contributed by atoms with Crippen LogP contribution in [0.2, 0.25) is 0 Å². The van der Waals surface area contributed by atoms with E-state index in [9.17, 15) is 19.2 Å². The van der Waals surface area contributed by atoms with Crippen LogP contribution in [0.5, 0.6) is 0 Å². The van der Waals surface area contributed by atoms with E-state index in [2.05, 4.69) is 19.2 Å². The normalized spacial score (nSPS) is 11.4. The zero-order chi connectivity index (χ0) is 45.4. The van der Waals surface area contributed by atoms with E-state index in [1.54, 1.807) is 4.90 Å². The predicted octanol–water partition coefficient (Wildman–Crippen LogP) is 12.5. The van der Waals surface area contributed by atoms with E-state index >= 15 is 0 Å². The molecule has 0 aliphatic heterocycles. The number of likely N-dealkylation sites (N-methyl/N-ethyl adjacent to an activating group) is 1. The first-order valence-corrected chi connectivity index (χ1v) is 26.1. The van der Waals surface area contributed by atoms with Gasteiger partial charge in [0.2, 0.25) is 11.8 Å². The number of nitrogens with zero attached hydrogens (tertiary/aromatic N) is 2. The Balaban J connectivity index is 4.33. The molecule has 0 aliphatic rings. The van der Waals surface area contributed by atoms with Crippen molar-refractivity contribution < 1.29 is 33.4 Å². The lowest BCUT2D eigenvalue weighted by Crippen LogP contribution is -2.33. The van der Waals surface area contributed by atoms with Crippen molar-refractivity contribution in [3.8, 4) is 0 Å². The highest BCUT2D eigenvalue weighted by Crippen LogP contribution is 2.16. The summed E-state index contributed by atoms with van der Waals surface area (Å²) >= 11 is 0. The van der Waals surface area contributed by atoms with Gasteiger partial charge in [-0.15, -0.1) is 0 Å². The Morgan fingerprint density at radius 3 is 1.13 bits per heavy atom. The molecule has 10 nitrogen and oxygen atoms in total. The Labute approximate surface area is 382 Å². The van der Waals surface area contributed by atoms with Gasteiger partial charge >= 0.3 is 11.9 Å². The van der Waals surface area contributed by atoms with Crippen LogP contribution >= 0.6 is 0 Å². The fraction of sp³-hybridized carbons (Fsp3) is 0.885. The van der Waals surface area contributed by atoms with Crippen LogP contribution in [-0.2, 0) is 33.4 Å². The summed E-state index contributed by atoms with van der Waals surface area (Å²) in [4.78, 5) is 53.9. The summed E-state index contributed by atoms with van der Waals surface area (Å²) in [6.45, 7) is 7.85. The first-order chi connectivity index (χ1) is 30.3. The summed E-state index contributed by atoms with van der Waals surface area (Å²) in [5.74, 6) is -1.06. The molecule has 0 spiro atoms. The van der Waals surface area contributed by atoms with Gasteiger partial charge in [-0.2, -0.15) is 0 Å². The molecular weight excluding hydrogens is 779 g/mol. The summed E-state index contributed by atoms with van der Waals surface area (Å²) in [5.41, 5.74) is 0. The molecule has 0 bridgehead atoms. The maximum atomic E-state index is 13.1. The third kappa shape index (κ3) is 45.6. The molecule has 10 heteroatoms. The monoisotopic (exact) mass is 878 g/mol. The third-order valence-electron chi connectivity index (χ3n) is 11.6. The molecule has 364 valence electrons.